The van der Waals surface area contributed by atoms with E-state index in [0.717, 1.165) is 28.0 Å². The third-order valence-corrected chi connectivity index (χ3v) is 9.06. The highest BCUT2D eigenvalue weighted by atomic mass is 32.2. The van der Waals surface area contributed by atoms with Crippen molar-refractivity contribution in [1.29, 1.82) is 0 Å². The molecule has 4 aromatic rings. The van der Waals surface area contributed by atoms with Gasteiger partial charge in [0.15, 0.2) is 0 Å². The Labute approximate surface area is 265 Å². The normalized spacial score (nSPS) is 14.8. The summed E-state index contributed by atoms with van der Waals surface area (Å²) >= 11 is 0. The van der Waals surface area contributed by atoms with Crippen molar-refractivity contribution in [2.24, 2.45) is 5.92 Å². The van der Waals surface area contributed by atoms with Gasteiger partial charge in [0.1, 0.15) is 29.4 Å². The van der Waals surface area contributed by atoms with E-state index in [2.05, 4.69) is 29.0 Å². The average molecular weight is 612 g/mol. The van der Waals surface area contributed by atoms with Crippen LogP contribution < -0.4 is 9.46 Å². The molecular formula is C38H45NO4S. The van der Waals surface area contributed by atoms with Gasteiger partial charge in [0.2, 0.25) is 0 Å². The molecular weight excluding hydrogens is 566 g/mol. The third-order valence-electron chi connectivity index (χ3n) is 7.89. The molecule has 0 aromatic heterocycles. The summed E-state index contributed by atoms with van der Waals surface area (Å²) in [7, 11) is -1.60. The zero-order valence-electron chi connectivity index (χ0n) is 25.9. The van der Waals surface area contributed by atoms with Gasteiger partial charge in [-0.05, 0) is 58.0 Å². The highest BCUT2D eigenvalue weighted by Gasteiger charge is 2.23. The summed E-state index contributed by atoms with van der Waals surface area (Å²) in [6.07, 6.45) is 12.0. The van der Waals surface area contributed by atoms with E-state index in [1.165, 1.54) is 56.9 Å². The predicted molar refractivity (Wildman–Crippen MR) is 181 cm³/mol. The molecule has 2 N–H and O–H groups in total. The van der Waals surface area contributed by atoms with E-state index < -0.39 is 23.0 Å². The summed E-state index contributed by atoms with van der Waals surface area (Å²) in [5.74, 6) is -0.372. The van der Waals surface area contributed by atoms with Crippen molar-refractivity contribution in [2.75, 3.05) is 0 Å². The van der Waals surface area contributed by atoms with Crippen LogP contribution in [0.2, 0.25) is 0 Å². The van der Waals surface area contributed by atoms with Crippen LogP contribution in [0.3, 0.4) is 0 Å². The van der Waals surface area contributed by atoms with Crippen molar-refractivity contribution < 1.29 is 18.8 Å². The number of ether oxygens (including phenoxy) is 1. The van der Waals surface area contributed by atoms with Crippen LogP contribution in [0.15, 0.2) is 108 Å². The zero-order valence-corrected chi connectivity index (χ0v) is 26.7. The lowest BCUT2D eigenvalue weighted by Crippen LogP contribution is -2.41. The summed E-state index contributed by atoms with van der Waals surface area (Å²) in [5.41, 5.74) is 5.40. The van der Waals surface area contributed by atoms with Gasteiger partial charge < -0.3 is 9.84 Å². The molecule has 2 atom stereocenters. The van der Waals surface area contributed by atoms with Crippen molar-refractivity contribution in [3.05, 3.63) is 109 Å². The van der Waals surface area contributed by atoms with Gasteiger partial charge in [-0.2, -0.15) is 0 Å². The van der Waals surface area contributed by atoms with Crippen LogP contribution in [-0.2, 0) is 22.4 Å². The van der Waals surface area contributed by atoms with Gasteiger partial charge in [0, 0.05) is 0 Å². The van der Waals surface area contributed by atoms with E-state index >= 15 is 0 Å². The quantitative estimate of drug-likeness (QED) is 0.187. The SMILES string of the molecule is C1CCCCCCC1.CC(C)C(NS(=O)c1ccc(-c2ccc(COc3ccc(-c4ccccc4)cc3)cc2)cc1)C(=O)O. The van der Waals surface area contributed by atoms with Crippen molar-refractivity contribution in [1.82, 2.24) is 4.72 Å². The van der Waals surface area contributed by atoms with Crippen LogP contribution in [0.4, 0.5) is 0 Å². The zero-order chi connectivity index (χ0) is 31.1. The van der Waals surface area contributed by atoms with Gasteiger partial charge in [-0.25, -0.2) is 8.93 Å². The Morgan fingerprint density at radius 2 is 1.11 bits per heavy atom. The van der Waals surface area contributed by atoms with E-state index in [1.807, 2.05) is 66.7 Å². The fraction of sp³-hybridized carbons (Fsp3) is 0.342. The Bertz CT molecular complexity index is 1410. The number of carboxylic acids is 1. The maximum atomic E-state index is 12.6. The van der Waals surface area contributed by atoms with Gasteiger partial charge in [-0.3, -0.25) is 4.79 Å². The van der Waals surface area contributed by atoms with Crippen LogP contribution >= 0.6 is 0 Å². The Morgan fingerprint density at radius 1 is 0.682 bits per heavy atom. The molecule has 0 radical (unpaired) electrons. The van der Waals surface area contributed by atoms with Crippen LogP contribution in [0.5, 0.6) is 5.75 Å². The van der Waals surface area contributed by atoms with Gasteiger partial charge in [0.05, 0.1) is 4.90 Å². The number of carboxylic acid groups (broad SMARTS) is 1. The molecule has 0 heterocycles. The highest BCUT2D eigenvalue weighted by molar-refractivity contribution is 7.83. The molecule has 5 rings (SSSR count). The molecule has 0 spiro atoms. The first kappa shape index (κ1) is 33.2. The third kappa shape index (κ3) is 10.5. The van der Waals surface area contributed by atoms with Crippen LogP contribution in [0.25, 0.3) is 22.3 Å². The summed E-state index contributed by atoms with van der Waals surface area (Å²) in [6, 6.07) is 32.9. The first-order valence-electron chi connectivity index (χ1n) is 15.8. The Morgan fingerprint density at radius 3 is 1.57 bits per heavy atom. The minimum Gasteiger partial charge on any atom is -0.489 e. The highest BCUT2D eigenvalue weighted by Crippen LogP contribution is 2.24. The lowest BCUT2D eigenvalue weighted by molar-refractivity contribution is -0.140. The standard InChI is InChI=1S/C30H29NO4S.C8H16/c1-21(2)29(30(32)33)31-36(34)28-18-14-26(15-19-28)24-10-8-22(9-11-24)20-35-27-16-12-25(13-17-27)23-6-4-3-5-7-23;1-2-4-6-8-7-5-3-1/h3-19,21,29,31H,20H2,1-2H3,(H,32,33);1-8H2. The maximum absolute atomic E-state index is 12.6. The minimum atomic E-state index is -1.60. The van der Waals surface area contributed by atoms with Crippen LogP contribution in [0, 0.1) is 5.92 Å². The predicted octanol–water partition coefficient (Wildman–Crippen LogP) is 9.44. The van der Waals surface area contributed by atoms with Gasteiger partial charge in [0.25, 0.3) is 0 Å². The van der Waals surface area contributed by atoms with Crippen molar-refractivity contribution in [2.45, 2.75) is 82.8 Å². The molecule has 232 valence electrons. The van der Waals surface area contributed by atoms with Gasteiger partial charge in [-0.1, -0.05) is 144 Å². The largest absolute Gasteiger partial charge is 0.489 e. The minimum absolute atomic E-state index is 0.179. The van der Waals surface area contributed by atoms with Gasteiger partial charge >= 0.3 is 5.97 Å². The summed E-state index contributed by atoms with van der Waals surface area (Å²) < 4.78 is 21.2. The monoisotopic (exact) mass is 611 g/mol. The second-order valence-electron chi connectivity index (χ2n) is 11.7. The molecule has 1 fully saturated rings. The molecule has 1 aliphatic rings. The van der Waals surface area contributed by atoms with Crippen LogP contribution in [-0.4, -0.2) is 21.3 Å². The van der Waals surface area contributed by atoms with E-state index in [1.54, 1.807) is 26.0 Å². The molecule has 1 aliphatic carbocycles. The second-order valence-corrected chi connectivity index (χ2v) is 12.9. The summed E-state index contributed by atoms with van der Waals surface area (Å²) in [5, 5.41) is 9.31. The average Bonchev–Trinajstić information content (AvgIpc) is 3.03. The molecule has 0 amide bonds. The fourth-order valence-electron chi connectivity index (χ4n) is 5.17. The van der Waals surface area contributed by atoms with Crippen LogP contribution in [0.1, 0.15) is 70.8 Å². The maximum Gasteiger partial charge on any atom is 0.321 e. The van der Waals surface area contributed by atoms with Crippen molar-refractivity contribution in [3.63, 3.8) is 0 Å². The Balaban J connectivity index is 0.000000479. The number of hydrogen-bond donors (Lipinski definition) is 2. The van der Waals surface area contributed by atoms with Crippen molar-refractivity contribution >= 4 is 17.0 Å². The molecule has 0 saturated heterocycles. The molecule has 4 aromatic carbocycles. The number of aliphatic carboxylic acids is 1. The topological polar surface area (TPSA) is 75.6 Å². The first-order chi connectivity index (χ1) is 21.4. The van der Waals surface area contributed by atoms with E-state index in [0.29, 0.717) is 11.5 Å². The molecule has 0 aliphatic heterocycles. The molecule has 1 saturated carbocycles. The number of hydrogen-bond acceptors (Lipinski definition) is 3. The van der Waals surface area contributed by atoms with Crippen molar-refractivity contribution in [3.8, 4) is 28.0 Å². The molecule has 44 heavy (non-hydrogen) atoms. The molecule has 2 unspecified atom stereocenters. The second kappa shape index (κ2) is 17.5. The molecule has 6 heteroatoms. The lowest BCUT2D eigenvalue weighted by Gasteiger charge is -2.17. The number of rotatable bonds is 10. The van der Waals surface area contributed by atoms with E-state index in [-0.39, 0.29) is 5.92 Å². The number of nitrogens with one attached hydrogen (secondary N) is 1. The molecule has 5 nitrogen and oxygen atoms in total. The lowest BCUT2D eigenvalue weighted by atomic mass is 10.0. The molecule has 0 bridgehead atoms. The Hall–Kier alpha value is -3.74. The number of carbonyl (C=O) groups is 1. The van der Waals surface area contributed by atoms with E-state index in [4.69, 9.17) is 4.74 Å². The fourth-order valence-corrected chi connectivity index (χ4v) is 6.30. The first-order valence-corrected chi connectivity index (χ1v) is 16.9. The smallest absolute Gasteiger partial charge is 0.321 e. The summed E-state index contributed by atoms with van der Waals surface area (Å²) in [6.45, 7) is 4.03. The summed E-state index contributed by atoms with van der Waals surface area (Å²) in [4.78, 5) is 11.9. The van der Waals surface area contributed by atoms with Gasteiger partial charge in [-0.15, -0.1) is 0 Å². The number of benzene rings is 4. The Kier molecular flexibility index (Phi) is 13.2. The van der Waals surface area contributed by atoms with E-state index in [9.17, 15) is 14.1 Å².